The molecule has 3 aromatic heterocycles. The van der Waals surface area contributed by atoms with Crippen molar-refractivity contribution in [3.8, 4) is 0 Å². The van der Waals surface area contributed by atoms with Gasteiger partial charge in [0.25, 0.3) is 11.5 Å². The molecule has 0 unspecified atom stereocenters. The Morgan fingerprint density at radius 1 is 1.32 bits per heavy atom. The molecule has 1 aromatic carbocycles. The molecule has 10 nitrogen and oxygen atoms in total. The number of aromatic nitrogens is 7. The number of hydrogen-bond donors (Lipinski definition) is 3. The lowest BCUT2D eigenvalue weighted by Crippen LogP contribution is -2.33. The van der Waals surface area contributed by atoms with E-state index in [4.69, 9.17) is 0 Å². The quantitative estimate of drug-likeness (QED) is 0.476. The highest BCUT2D eigenvalue weighted by Gasteiger charge is 2.18. The van der Waals surface area contributed by atoms with Gasteiger partial charge >= 0.3 is 0 Å². The number of nitrogens with one attached hydrogen (secondary N) is 3. The van der Waals surface area contributed by atoms with Crippen LogP contribution in [-0.4, -0.2) is 40.6 Å². The van der Waals surface area contributed by atoms with Crippen molar-refractivity contribution in [2.45, 2.75) is 26.4 Å². The van der Waals surface area contributed by atoms with Crippen LogP contribution in [-0.2, 0) is 6.54 Å². The molecule has 4 rings (SSSR count). The zero-order valence-electron chi connectivity index (χ0n) is 15.3. The van der Waals surface area contributed by atoms with Crippen molar-refractivity contribution in [2.75, 3.05) is 0 Å². The maximum absolute atomic E-state index is 12.5. The zero-order chi connectivity index (χ0) is 19.7. The van der Waals surface area contributed by atoms with E-state index in [1.165, 1.54) is 23.5 Å². The first-order chi connectivity index (χ1) is 13.5. The number of fused-ring (bicyclic) bond motifs is 1. The minimum absolute atomic E-state index is 0.0684. The van der Waals surface area contributed by atoms with Crippen LogP contribution in [0.2, 0.25) is 0 Å². The second-order valence-corrected chi connectivity index (χ2v) is 6.50. The van der Waals surface area contributed by atoms with Gasteiger partial charge in [0.05, 0.1) is 17.1 Å². The summed E-state index contributed by atoms with van der Waals surface area (Å²) in [5.41, 5.74) is 2.24. The van der Waals surface area contributed by atoms with Gasteiger partial charge in [-0.3, -0.25) is 9.59 Å². The Morgan fingerprint density at radius 2 is 2.18 bits per heavy atom. The van der Waals surface area contributed by atoms with Crippen LogP contribution in [0.5, 0.6) is 0 Å². The maximum Gasteiger partial charge on any atom is 0.263 e. The van der Waals surface area contributed by atoms with E-state index in [1.54, 1.807) is 6.92 Å². The summed E-state index contributed by atoms with van der Waals surface area (Å²) in [5, 5.41) is 6.72. The lowest BCUT2D eigenvalue weighted by molar-refractivity contribution is 0.0936. The van der Waals surface area contributed by atoms with Crippen molar-refractivity contribution in [3.05, 3.63) is 70.2 Å². The van der Waals surface area contributed by atoms with Crippen LogP contribution in [0.1, 0.15) is 40.5 Å². The molecule has 0 bridgehead atoms. The molecule has 0 spiro atoms. The molecule has 3 heterocycles. The van der Waals surface area contributed by atoms with E-state index in [-0.39, 0.29) is 12.1 Å². The van der Waals surface area contributed by atoms with E-state index in [9.17, 15) is 9.59 Å². The molecule has 1 atom stereocenters. The van der Waals surface area contributed by atoms with Crippen LogP contribution >= 0.6 is 0 Å². The third-order valence-corrected chi connectivity index (χ3v) is 4.29. The molecule has 0 radical (unpaired) electrons. The normalized spacial score (nSPS) is 12.2. The highest BCUT2D eigenvalue weighted by atomic mass is 16.2. The minimum atomic E-state index is -0.523. The fraction of sp³-hybridized carbons (Fsp3) is 0.222. The Morgan fingerprint density at radius 3 is 2.93 bits per heavy atom. The Bertz CT molecular complexity index is 1190. The van der Waals surface area contributed by atoms with E-state index in [0.29, 0.717) is 11.6 Å². The third-order valence-electron chi connectivity index (χ3n) is 4.29. The number of hydrogen-bond acceptors (Lipinski definition) is 6. The number of aromatic amines is 2. The van der Waals surface area contributed by atoms with Crippen molar-refractivity contribution < 1.29 is 4.79 Å². The molecule has 0 saturated heterocycles. The molecule has 10 heteroatoms. The molecule has 28 heavy (non-hydrogen) atoms. The number of nitrogens with zero attached hydrogens (tertiary/aromatic N) is 5. The molecule has 0 saturated carbocycles. The predicted molar refractivity (Wildman–Crippen MR) is 101 cm³/mol. The van der Waals surface area contributed by atoms with E-state index >= 15 is 0 Å². The first-order valence-electron chi connectivity index (χ1n) is 8.67. The lowest BCUT2D eigenvalue weighted by Gasteiger charge is -2.11. The lowest BCUT2D eigenvalue weighted by atomic mass is 10.2. The topological polar surface area (TPSA) is 134 Å². The van der Waals surface area contributed by atoms with Crippen LogP contribution in [0.3, 0.4) is 0 Å². The van der Waals surface area contributed by atoms with Crippen molar-refractivity contribution >= 4 is 16.9 Å². The van der Waals surface area contributed by atoms with Crippen LogP contribution < -0.4 is 10.9 Å². The van der Waals surface area contributed by atoms with Gasteiger partial charge in [0, 0.05) is 6.20 Å². The molecule has 142 valence electrons. The molecular weight excluding hydrogens is 360 g/mol. The second-order valence-electron chi connectivity index (χ2n) is 6.50. The predicted octanol–water partition coefficient (Wildman–Crippen LogP) is 1.09. The molecule has 4 aromatic rings. The molecule has 1 amide bonds. The Hall–Kier alpha value is -3.82. The average Bonchev–Trinajstić information content (AvgIpc) is 3.30. The van der Waals surface area contributed by atoms with Gasteiger partial charge in [0.15, 0.2) is 0 Å². The first kappa shape index (κ1) is 17.6. The number of imidazole rings is 1. The van der Waals surface area contributed by atoms with Gasteiger partial charge in [0.2, 0.25) is 0 Å². The Labute approximate surface area is 159 Å². The maximum atomic E-state index is 12.5. The largest absolute Gasteiger partial charge is 0.342 e. The van der Waals surface area contributed by atoms with Crippen LogP contribution in [0.15, 0.2) is 41.8 Å². The van der Waals surface area contributed by atoms with Gasteiger partial charge in [0.1, 0.15) is 36.4 Å². The molecule has 0 fully saturated rings. The third kappa shape index (κ3) is 3.52. The molecule has 0 aliphatic carbocycles. The fourth-order valence-corrected chi connectivity index (χ4v) is 2.83. The number of amides is 1. The number of carbonyl (C=O) groups excluding carboxylic acids is 1. The summed E-state index contributed by atoms with van der Waals surface area (Å²) in [4.78, 5) is 43.0. The summed E-state index contributed by atoms with van der Waals surface area (Å²) < 4.78 is 1.52. The standard InChI is InChI=1S/C18H18N8O2/c1-10-3-4-13-14(5-10)24-16(23-13)11(2)22-17(27)12-6-20-15(25-18(12)28)7-26-9-19-8-21-26/h3-6,8-9,11H,7H2,1-2H3,(H,22,27)(H,23,24)(H,20,25,28)/t11-/m0/s1. The summed E-state index contributed by atoms with van der Waals surface area (Å²) in [6.45, 7) is 4.05. The van der Waals surface area contributed by atoms with E-state index < -0.39 is 17.5 Å². The summed E-state index contributed by atoms with van der Waals surface area (Å²) in [6, 6.07) is 5.47. The van der Waals surface area contributed by atoms with Crippen molar-refractivity contribution in [3.63, 3.8) is 0 Å². The number of benzene rings is 1. The van der Waals surface area contributed by atoms with Crippen molar-refractivity contribution in [1.29, 1.82) is 0 Å². The highest BCUT2D eigenvalue weighted by Crippen LogP contribution is 2.17. The molecular formula is C18H18N8O2. The summed E-state index contributed by atoms with van der Waals surface area (Å²) in [6.07, 6.45) is 4.16. The van der Waals surface area contributed by atoms with Gasteiger partial charge < -0.3 is 15.3 Å². The van der Waals surface area contributed by atoms with E-state index in [2.05, 4.69) is 35.3 Å². The van der Waals surface area contributed by atoms with Crippen molar-refractivity contribution in [2.24, 2.45) is 0 Å². The zero-order valence-corrected chi connectivity index (χ0v) is 15.3. The van der Waals surface area contributed by atoms with Gasteiger partial charge in [-0.2, -0.15) is 5.10 Å². The molecule has 3 N–H and O–H groups in total. The molecule has 0 aliphatic heterocycles. The van der Waals surface area contributed by atoms with Crippen molar-refractivity contribution in [1.82, 2.24) is 40.0 Å². The summed E-state index contributed by atoms with van der Waals surface area (Å²) >= 11 is 0. The average molecular weight is 378 g/mol. The van der Waals surface area contributed by atoms with Gasteiger partial charge in [-0.25, -0.2) is 19.6 Å². The highest BCUT2D eigenvalue weighted by molar-refractivity contribution is 5.93. The monoisotopic (exact) mass is 378 g/mol. The summed E-state index contributed by atoms with van der Waals surface area (Å²) in [7, 11) is 0. The number of H-pyrrole nitrogens is 2. The smallest absolute Gasteiger partial charge is 0.263 e. The van der Waals surface area contributed by atoms with Crippen LogP contribution in [0.4, 0.5) is 0 Å². The SMILES string of the molecule is Cc1ccc2nc([C@H](C)NC(=O)c3cnc(Cn4cncn4)[nH]c3=O)[nH]c2c1. The van der Waals surface area contributed by atoms with E-state index in [1.807, 2.05) is 25.1 Å². The minimum Gasteiger partial charge on any atom is -0.342 e. The second kappa shape index (κ2) is 7.06. The van der Waals surface area contributed by atoms with Gasteiger partial charge in [-0.1, -0.05) is 6.07 Å². The Kier molecular flexibility index (Phi) is 4.44. The number of carbonyl (C=O) groups is 1. The Balaban J connectivity index is 1.49. The van der Waals surface area contributed by atoms with E-state index in [0.717, 1.165) is 16.6 Å². The van der Waals surface area contributed by atoms with Crippen LogP contribution in [0.25, 0.3) is 11.0 Å². The summed E-state index contributed by atoms with van der Waals surface area (Å²) in [5.74, 6) is 0.471. The molecule has 0 aliphatic rings. The number of rotatable bonds is 5. The fourth-order valence-electron chi connectivity index (χ4n) is 2.83. The van der Waals surface area contributed by atoms with Crippen LogP contribution in [0, 0.1) is 6.92 Å². The van der Waals surface area contributed by atoms with Gasteiger partial charge in [-0.15, -0.1) is 0 Å². The first-order valence-corrected chi connectivity index (χ1v) is 8.67. The van der Waals surface area contributed by atoms with Gasteiger partial charge in [-0.05, 0) is 31.5 Å². The number of aryl methyl sites for hydroxylation is 1.